The fraction of sp³-hybridized carbons (Fsp3) is 0. The molecule has 1 N–H and O–H groups in total. The molecule has 2 aromatic rings. The summed E-state index contributed by atoms with van der Waals surface area (Å²) in [5.41, 5.74) is 2.56. The molecule has 0 fully saturated rings. The Morgan fingerprint density at radius 1 is 1.47 bits per heavy atom. The third kappa shape index (κ3) is 2.88. The summed E-state index contributed by atoms with van der Waals surface area (Å²) in [6.45, 7) is 0. The lowest BCUT2D eigenvalue weighted by atomic mass is 10.4. The highest BCUT2D eigenvalue weighted by molar-refractivity contribution is 5.76. The Balaban J connectivity index is 1.97. The van der Waals surface area contributed by atoms with Crippen LogP contribution >= 0.6 is 0 Å². The number of nitro groups is 1. The minimum absolute atomic E-state index is 0.0643. The second-order valence-corrected chi connectivity index (χ2v) is 3.04. The highest BCUT2D eigenvalue weighted by atomic mass is 16.6. The number of aromatic nitrogens is 1. The maximum absolute atomic E-state index is 10.4. The van der Waals surface area contributed by atoms with Crippen molar-refractivity contribution in [2.24, 2.45) is 5.10 Å². The molecule has 0 aromatic carbocycles. The van der Waals surface area contributed by atoms with Crippen LogP contribution in [0.15, 0.2) is 46.2 Å². The Labute approximate surface area is 95.9 Å². The predicted molar refractivity (Wildman–Crippen MR) is 60.8 cm³/mol. The van der Waals surface area contributed by atoms with Crippen LogP contribution in [0.1, 0.15) is 5.76 Å². The van der Waals surface area contributed by atoms with Crippen molar-refractivity contribution in [3.05, 3.63) is 52.6 Å². The van der Waals surface area contributed by atoms with Gasteiger partial charge in [0, 0.05) is 6.07 Å². The second-order valence-electron chi connectivity index (χ2n) is 3.04. The van der Waals surface area contributed by atoms with Gasteiger partial charge in [0.25, 0.3) is 5.69 Å². The van der Waals surface area contributed by atoms with E-state index in [1.54, 1.807) is 12.1 Å². The summed E-state index contributed by atoms with van der Waals surface area (Å²) in [5, 5.41) is 14.2. The van der Waals surface area contributed by atoms with E-state index in [0.717, 1.165) is 6.20 Å². The zero-order valence-electron chi connectivity index (χ0n) is 8.61. The van der Waals surface area contributed by atoms with Crippen LogP contribution in [-0.2, 0) is 0 Å². The fourth-order valence-corrected chi connectivity index (χ4v) is 1.09. The summed E-state index contributed by atoms with van der Waals surface area (Å²) < 4.78 is 5.02. The Kier molecular flexibility index (Phi) is 3.10. The predicted octanol–water partition coefficient (Wildman–Crippen LogP) is 2.03. The largest absolute Gasteiger partial charge is 0.463 e. The van der Waals surface area contributed by atoms with Gasteiger partial charge in [-0.3, -0.25) is 15.5 Å². The molecule has 0 atom stereocenters. The maximum atomic E-state index is 10.4. The van der Waals surface area contributed by atoms with E-state index in [4.69, 9.17) is 4.42 Å². The number of hydrogen-bond donors (Lipinski definition) is 1. The molecule has 7 nitrogen and oxygen atoms in total. The van der Waals surface area contributed by atoms with E-state index in [1.807, 2.05) is 0 Å². The Bertz CT molecular complexity index is 519. The van der Waals surface area contributed by atoms with Gasteiger partial charge in [-0.25, -0.2) is 4.98 Å². The lowest BCUT2D eigenvalue weighted by Gasteiger charge is -1.97. The lowest BCUT2D eigenvalue weighted by Crippen LogP contribution is -1.94. The maximum Gasteiger partial charge on any atom is 0.287 e. The Hall–Kier alpha value is -2.70. The van der Waals surface area contributed by atoms with E-state index in [1.165, 1.54) is 24.6 Å². The number of anilines is 1. The molecule has 86 valence electrons. The zero-order valence-corrected chi connectivity index (χ0v) is 8.61. The number of hydrogen-bond acceptors (Lipinski definition) is 6. The minimum Gasteiger partial charge on any atom is -0.463 e. The first kappa shape index (κ1) is 10.8. The van der Waals surface area contributed by atoms with E-state index >= 15 is 0 Å². The van der Waals surface area contributed by atoms with Crippen LogP contribution in [-0.4, -0.2) is 16.1 Å². The van der Waals surface area contributed by atoms with Gasteiger partial charge in [-0.05, 0) is 18.2 Å². The topological polar surface area (TPSA) is 93.6 Å². The van der Waals surface area contributed by atoms with Crippen LogP contribution in [0, 0.1) is 10.1 Å². The highest BCUT2D eigenvalue weighted by Gasteiger charge is 2.04. The van der Waals surface area contributed by atoms with Crippen LogP contribution < -0.4 is 5.43 Å². The lowest BCUT2D eigenvalue weighted by molar-refractivity contribution is -0.385. The number of rotatable bonds is 4. The summed E-state index contributed by atoms with van der Waals surface area (Å²) >= 11 is 0. The van der Waals surface area contributed by atoms with Gasteiger partial charge in [0.2, 0.25) is 0 Å². The summed E-state index contributed by atoms with van der Waals surface area (Å²) in [6, 6.07) is 6.30. The Morgan fingerprint density at radius 3 is 2.94 bits per heavy atom. The van der Waals surface area contributed by atoms with Crippen molar-refractivity contribution in [1.82, 2.24) is 4.98 Å². The van der Waals surface area contributed by atoms with E-state index in [9.17, 15) is 10.1 Å². The molecule has 0 bridgehead atoms. The van der Waals surface area contributed by atoms with Crippen molar-refractivity contribution in [1.29, 1.82) is 0 Å². The number of pyridine rings is 1. The molecule has 0 spiro atoms. The molecule has 2 rings (SSSR count). The molecular formula is C10H8N4O3. The normalized spacial score (nSPS) is 10.6. The molecule has 0 aliphatic rings. The molecule has 0 radical (unpaired) electrons. The molecule has 7 heteroatoms. The van der Waals surface area contributed by atoms with Gasteiger partial charge in [0.15, 0.2) is 0 Å². The third-order valence-corrected chi connectivity index (χ3v) is 1.87. The first-order valence-corrected chi connectivity index (χ1v) is 4.69. The third-order valence-electron chi connectivity index (χ3n) is 1.87. The van der Waals surface area contributed by atoms with Gasteiger partial charge in [0.1, 0.15) is 17.8 Å². The molecule has 0 amide bonds. The van der Waals surface area contributed by atoms with E-state index in [-0.39, 0.29) is 5.69 Å². The van der Waals surface area contributed by atoms with Crippen LogP contribution in [0.25, 0.3) is 0 Å². The van der Waals surface area contributed by atoms with Crippen LogP contribution in [0.3, 0.4) is 0 Å². The summed E-state index contributed by atoms with van der Waals surface area (Å²) in [4.78, 5) is 13.7. The highest BCUT2D eigenvalue weighted by Crippen LogP contribution is 2.11. The van der Waals surface area contributed by atoms with Crippen molar-refractivity contribution in [3.8, 4) is 0 Å². The van der Waals surface area contributed by atoms with Crippen LogP contribution in [0.4, 0.5) is 11.5 Å². The quantitative estimate of drug-likeness (QED) is 0.494. The average molecular weight is 232 g/mol. The number of hydrazone groups is 1. The molecule has 0 aliphatic heterocycles. The van der Waals surface area contributed by atoms with Gasteiger partial charge in [-0.2, -0.15) is 5.10 Å². The van der Waals surface area contributed by atoms with E-state index in [2.05, 4.69) is 15.5 Å². The molecule has 17 heavy (non-hydrogen) atoms. The van der Waals surface area contributed by atoms with Crippen molar-refractivity contribution in [2.75, 3.05) is 5.43 Å². The zero-order chi connectivity index (χ0) is 12.1. The number of nitrogens with one attached hydrogen (secondary N) is 1. The molecule has 2 heterocycles. The van der Waals surface area contributed by atoms with Crippen molar-refractivity contribution in [2.45, 2.75) is 0 Å². The molecule has 0 saturated carbocycles. The molecule has 0 saturated heterocycles. The van der Waals surface area contributed by atoms with Crippen molar-refractivity contribution >= 4 is 17.7 Å². The van der Waals surface area contributed by atoms with Gasteiger partial charge in [-0.1, -0.05) is 0 Å². The van der Waals surface area contributed by atoms with Gasteiger partial charge in [0.05, 0.1) is 17.4 Å². The first-order chi connectivity index (χ1) is 8.25. The standard InChI is InChI=1S/C10H8N4O3/c15-14(16)8-3-4-10(11-6-8)13-12-7-9-2-1-5-17-9/h1-7H,(H,11,13). The molecule has 0 aliphatic carbocycles. The van der Waals surface area contributed by atoms with Crippen LogP contribution in [0.5, 0.6) is 0 Å². The van der Waals surface area contributed by atoms with Gasteiger partial charge in [-0.15, -0.1) is 0 Å². The van der Waals surface area contributed by atoms with Crippen molar-refractivity contribution < 1.29 is 9.34 Å². The summed E-state index contributed by atoms with van der Waals surface area (Å²) in [5.74, 6) is 1.01. The molecule has 2 aromatic heterocycles. The Morgan fingerprint density at radius 2 is 2.35 bits per heavy atom. The monoisotopic (exact) mass is 232 g/mol. The summed E-state index contributed by atoms with van der Waals surface area (Å²) in [7, 11) is 0. The minimum atomic E-state index is -0.511. The van der Waals surface area contributed by atoms with Gasteiger partial charge >= 0.3 is 0 Å². The SMILES string of the molecule is O=[N+]([O-])c1ccc(NN=Cc2ccco2)nc1. The molecular weight excluding hydrogens is 224 g/mol. The molecule has 0 unspecified atom stereocenters. The number of nitrogens with zero attached hydrogens (tertiary/aromatic N) is 3. The van der Waals surface area contributed by atoms with Gasteiger partial charge < -0.3 is 4.42 Å². The summed E-state index contributed by atoms with van der Waals surface area (Å²) in [6.07, 6.45) is 4.17. The second kappa shape index (κ2) is 4.88. The smallest absolute Gasteiger partial charge is 0.287 e. The first-order valence-electron chi connectivity index (χ1n) is 4.69. The van der Waals surface area contributed by atoms with Crippen molar-refractivity contribution in [3.63, 3.8) is 0 Å². The van der Waals surface area contributed by atoms with E-state index in [0.29, 0.717) is 11.6 Å². The van der Waals surface area contributed by atoms with Crippen LogP contribution in [0.2, 0.25) is 0 Å². The fourth-order valence-electron chi connectivity index (χ4n) is 1.09. The van der Waals surface area contributed by atoms with E-state index < -0.39 is 4.92 Å². The average Bonchev–Trinajstić information content (AvgIpc) is 2.83. The number of furan rings is 1.